The molecule has 1 unspecified atom stereocenters. The second kappa shape index (κ2) is 10.0. The van der Waals surface area contributed by atoms with Crippen LogP contribution in [-0.4, -0.2) is 57.2 Å². The lowest BCUT2D eigenvalue weighted by molar-refractivity contribution is -0.134. The van der Waals surface area contributed by atoms with E-state index in [1.165, 1.54) is 42.6 Å². The van der Waals surface area contributed by atoms with Gasteiger partial charge in [-0.15, -0.1) is 0 Å². The standard InChI is InChI=1S/C23H19Cl2FN4O5/c24-13-3-1-11(2-4-13)20(21(33)28-14(9-31)10-32)30-22(34)17(29-23(30)35)7-12-8-27-19-15(12)5-6-16(25)18(19)26/h1-8,14,20,27,31-32H,9-10H2,(H,28,33)(H,29,35)/b17-7-. The van der Waals surface area contributed by atoms with Gasteiger partial charge in [-0.05, 0) is 29.8 Å². The molecule has 1 saturated heterocycles. The number of urea groups is 1. The zero-order valence-corrected chi connectivity index (χ0v) is 19.4. The summed E-state index contributed by atoms with van der Waals surface area (Å²) in [7, 11) is 0. The summed E-state index contributed by atoms with van der Waals surface area (Å²) < 4.78 is 14.3. The molecule has 4 rings (SSSR count). The number of hydrogen-bond acceptors (Lipinski definition) is 5. The highest BCUT2D eigenvalue weighted by Crippen LogP contribution is 2.31. The van der Waals surface area contributed by atoms with E-state index in [1.807, 2.05) is 0 Å². The Labute approximate surface area is 208 Å². The van der Waals surface area contributed by atoms with Gasteiger partial charge in [-0.1, -0.05) is 41.4 Å². The van der Waals surface area contributed by atoms with E-state index in [2.05, 4.69) is 15.6 Å². The van der Waals surface area contributed by atoms with Crippen LogP contribution in [0, 0.1) is 5.82 Å². The Kier molecular flexibility index (Phi) is 7.08. The summed E-state index contributed by atoms with van der Waals surface area (Å²) in [5, 5.41) is 24.3. The monoisotopic (exact) mass is 520 g/mol. The highest BCUT2D eigenvalue weighted by Gasteiger charge is 2.43. The minimum atomic E-state index is -1.43. The number of benzene rings is 2. The molecule has 2 heterocycles. The number of amides is 4. The summed E-state index contributed by atoms with van der Waals surface area (Å²) >= 11 is 11.8. The number of carbonyl (C=O) groups excluding carboxylic acids is 3. The van der Waals surface area contributed by atoms with Crippen molar-refractivity contribution in [3.05, 3.63) is 75.3 Å². The van der Waals surface area contributed by atoms with Crippen LogP contribution < -0.4 is 10.6 Å². The van der Waals surface area contributed by atoms with Gasteiger partial charge in [-0.2, -0.15) is 0 Å². The maximum atomic E-state index is 14.3. The van der Waals surface area contributed by atoms with Gasteiger partial charge in [0.15, 0.2) is 5.82 Å². The van der Waals surface area contributed by atoms with E-state index in [-0.39, 0.29) is 21.8 Å². The van der Waals surface area contributed by atoms with Crippen molar-refractivity contribution in [3.63, 3.8) is 0 Å². The highest BCUT2D eigenvalue weighted by molar-refractivity contribution is 6.31. The number of imide groups is 1. The van der Waals surface area contributed by atoms with Crippen LogP contribution in [0.4, 0.5) is 9.18 Å². The van der Waals surface area contributed by atoms with Gasteiger partial charge >= 0.3 is 6.03 Å². The first kappa shape index (κ1) is 24.7. The van der Waals surface area contributed by atoms with Gasteiger partial charge in [0.1, 0.15) is 11.7 Å². The van der Waals surface area contributed by atoms with Crippen LogP contribution in [0.3, 0.4) is 0 Å². The van der Waals surface area contributed by atoms with E-state index in [9.17, 15) is 29.0 Å². The average Bonchev–Trinajstić information content (AvgIpc) is 3.37. The van der Waals surface area contributed by atoms with Gasteiger partial charge in [-0.25, -0.2) is 14.1 Å². The van der Waals surface area contributed by atoms with Crippen molar-refractivity contribution in [2.45, 2.75) is 12.1 Å². The second-order valence-electron chi connectivity index (χ2n) is 7.72. The molecule has 0 aliphatic carbocycles. The number of aromatic amines is 1. The van der Waals surface area contributed by atoms with E-state index in [0.29, 0.717) is 16.0 Å². The third-order valence-corrected chi connectivity index (χ3v) is 6.01. The Balaban J connectivity index is 1.72. The number of H-pyrrole nitrogens is 1. The first-order valence-electron chi connectivity index (χ1n) is 10.3. The Morgan fingerprint density at radius 3 is 2.46 bits per heavy atom. The zero-order chi connectivity index (χ0) is 25.3. The van der Waals surface area contributed by atoms with Crippen molar-refractivity contribution in [2.75, 3.05) is 13.2 Å². The normalized spacial score (nSPS) is 15.8. The molecule has 1 fully saturated rings. The molecule has 5 N–H and O–H groups in total. The summed E-state index contributed by atoms with van der Waals surface area (Å²) in [6.45, 7) is -1.11. The molecule has 1 atom stereocenters. The number of hydrogen-bond donors (Lipinski definition) is 5. The van der Waals surface area contributed by atoms with Crippen LogP contribution in [0.1, 0.15) is 17.2 Å². The van der Waals surface area contributed by atoms with Crippen LogP contribution in [0.5, 0.6) is 0 Å². The fourth-order valence-electron chi connectivity index (χ4n) is 3.71. The smallest absolute Gasteiger partial charge is 0.330 e. The maximum absolute atomic E-state index is 14.3. The number of nitrogens with zero attached hydrogens (tertiary/aromatic N) is 1. The Hall–Kier alpha value is -3.44. The van der Waals surface area contributed by atoms with Crippen LogP contribution in [0.2, 0.25) is 10.0 Å². The Bertz CT molecular complexity index is 1340. The highest BCUT2D eigenvalue weighted by atomic mass is 35.5. The molecule has 0 saturated carbocycles. The third-order valence-electron chi connectivity index (χ3n) is 5.47. The van der Waals surface area contributed by atoms with Crippen molar-refractivity contribution in [1.29, 1.82) is 0 Å². The number of halogens is 3. The van der Waals surface area contributed by atoms with Gasteiger partial charge in [0.25, 0.3) is 5.91 Å². The molecule has 2 aromatic carbocycles. The van der Waals surface area contributed by atoms with Crippen molar-refractivity contribution < 1.29 is 29.0 Å². The fourth-order valence-corrected chi connectivity index (χ4v) is 3.99. The molecule has 35 heavy (non-hydrogen) atoms. The number of aromatic nitrogens is 1. The summed E-state index contributed by atoms with van der Waals surface area (Å²) in [6, 6.07) is 5.59. The number of aliphatic hydroxyl groups is 2. The lowest BCUT2D eigenvalue weighted by Crippen LogP contribution is -2.48. The van der Waals surface area contributed by atoms with Gasteiger partial charge in [0.2, 0.25) is 5.91 Å². The van der Waals surface area contributed by atoms with Crippen molar-refractivity contribution >= 4 is 58.0 Å². The molecular formula is C23H19Cl2FN4O5. The van der Waals surface area contributed by atoms with E-state index in [1.54, 1.807) is 6.07 Å². The molecule has 0 bridgehead atoms. The SMILES string of the molecule is O=C(NC(CO)CO)C(c1ccc(Cl)cc1)N1C(=O)N/C(=C\c2c[nH]c3c(F)c(Cl)ccc23)C1=O. The average molecular weight is 521 g/mol. The van der Waals surface area contributed by atoms with Gasteiger partial charge in [-0.3, -0.25) is 9.59 Å². The van der Waals surface area contributed by atoms with Crippen molar-refractivity contribution in [2.24, 2.45) is 0 Å². The Morgan fingerprint density at radius 2 is 1.80 bits per heavy atom. The zero-order valence-electron chi connectivity index (χ0n) is 17.9. The summed E-state index contributed by atoms with van der Waals surface area (Å²) in [6.07, 6.45) is 2.81. The van der Waals surface area contributed by atoms with Gasteiger partial charge in [0.05, 0.1) is 29.8 Å². The van der Waals surface area contributed by atoms with Crippen LogP contribution >= 0.6 is 23.2 Å². The van der Waals surface area contributed by atoms with E-state index in [4.69, 9.17) is 23.2 Å². The molecule has 9 nitrogen and oxygen atoms in total. The maximum Gasteiger partial charge on any atom is 0.330 e. The predicted molar refractivity (Wildman–Crippen MR) is 127 cm³/mol. The molecule has 1 aliphatic heterocycles. The summed E-state index contributed by atoms with van der Waals surface area (Å²) in [5.41, 5.74) is 0.679. The lowest BCUT2D eigenvalue weighted by atomic mass is 10.0. The van der Waals surface area contributed by atoms with Crippen LogP contribution in [0.15, 0.2) is 48.3 Å². The molecule has 0 radical (unpaired) electrons. The van der Waals surface area contributed by atoms with Gasteiger partial charge < -0.3 is 25.8 Å². The lowest BCUT2D eigenvalue weighted by Gasteiger charge is -2.26. The minimum absolute atomic E-state index is 0.0733. The van der Waals surface area contributed by atoms with Gasteiger partial charge in [0, 0.05) is 22.2 Å². The second-order valence-corrected chi connectivity index (χ2v) is 8.56. The van der Waals surface area contributed by atoms with Crippen LogP contribution in [0.25, 0.3) is 17.0 Å². The van der Waals surface area contributed by atoms with E-state index < -0.39 is 49.0 Å². The topological polar surface area (TPSA) is 135 Å². The number of fused-ring (bicyclic) bond motifs is 1. The molecule has 182 valence electrons. The molecule has 12 heteroatoms. The number of carbonyl (C=O) groups is 3. The molecular weight excluding hydrogens is 502 g/mol. The Morgan fingerprint density at radius 1 is 1.11 bits per heavy atom. The van der Waals surface area contributed by atoms with E-state index in [0.717, 1.165) is 4.90 Å². The van der Waals surface area contributed by atoms with Crippen LogP contribution in [-0.2, 0) is 9.59 Å². The first-order chi connectivity index (χ1) is 16.7. The predicted octanol–water partition coefficient (Wildman–Crippen LogP) is 2.72. The molecule has 1 aromatic heterocycles. The van der Waals surface area contributed by atoms with E-state index >= 15 is 0 Å². The first-order valence-corrected chi connectivity index (χ1v) is 11.1. The van der Waals surface area contributed by atoms with Crippen molar-refractivity contribution in [3.8, 4) is 0 Å². The minimum Gasteiger partial charge on any atom is -0.394 e. The third kappa shape index (κ3) is 4.73. The fraction of sp³-hybridized carbons (Fsp3) is 0.174. The number of aliphatic hydroxyl groups excluding tert-OH is 2. The number of nitrogens with one attached hydrogen (secondary N) is 3. The molecule has 1 aliphatic rings. The quantitative estimate of drug-likeness (QED) is 0.241. The number of rotatable bonds is 7. The molecule has 3 aromatic rings. The summed E-state index contributed by atoms with van der Waals surface area (Å²) in [5.74, 6) is -2.26. The largest absolute Gasteiger partial charge is 0.394 e. The summed E-state index contributed by atoms with van der Waals surface area (Å²) in [4.78, 5) is 42.7. The molecule has 0 spiro atoms. The molecule has 4 amide bonds. The van der Waals surface area contributed by atoms with Crippen molar-refractivity contribution in [1.82, 2.24) is 20.5 Å².